The molecule has 0 fully saturated rings. The molecule has 0 aliphatic carbocycles. The number of carbonyl (C=O) groups excluding carboxylic acids is 1. The maximum Gasteiger partial charge on any atom is 0.343 e. The first kappa shape index (κ1) is 40.9. The van der Waals surface area contributed by atoms with Crippen LogP contribution in [0.25, 0.3) is 11.1 Å². The second-order valence-corrected chi connectivity index (χ2v) is 23.9. The number of unbranched alkanes of at least 4 members (excludes halogenated alkanes) is 8. The zero-order chi connectivity index (χ0) is 36.6. The van der Waals surface area contributed by atoms with Crippen LogP contribution in [0.4, 0.5) is 5.69 Å². The van der Waals surface area contributed by atoms with Crippen LogP contribution in [0.5, 0.6) is 17.2 Å². The molecule has 8 nitrogen and oxygen atoms in total. The van der Waals surface area contributed by atoms with E-state index >= 15 is 0 Å². The summed E-state index contributed by atoms with van der Waals surface area (Å²) in [5.41, 5.74) is 1.78. The molecule has 3 aromatic carbocycles. The number of carbonyl (C=O) groups is 1. The first-order valence-corrected chi connectivity index (χ1v) is 25.0. The largest absolute Gasteiger partial charge is 0.494 e. The van der Waals surface area contributed by atoms with Gasteiger partial charge in [-0.25, -0.2) is 4.79 Å². The van der Waals surface area contributed by atoms with Crippen molar-refractivity contribution in [2.75, 3.05) is 6.61 Å². The Morgan fingerprint density at radius 1 is 0.760 bits per heavy atom. The van der Waals surface area contributed by atoms with Crippen molar-refractivity contribution < 1.29 is 28.0 Å². The van der Waals surface area contributed by atoms with E-state index in [0.29, 0.717) is 23.5 Å². The maximum atomic E-state index is 12.8. The number of nitro groups is 1. The van der Waals surface area contributed by atoms with Gasteiger partial charge >= 0.3 is 11.7 Å². The summed E-state index contributed by atoms with van der Waals surface area (Å²) in [5, 5.41) is 12.0. The van der Waals surface area contributed by atoms with Crippen molar-refractivity contribution in [3.05, 3.63) is 82.4 Å². The van der Waals surface area contributed by atoms with E-state index in [2.05, 4.69) is 39.7 Å². The Balaban J connectivity index is 1.47. The van der Waals surface area contributed by atoms with Crippen LogP contribution in [0.1, 0.15) is 94.8 Å². The fourth-order valence-electron chi connectivity index (χ4n) is 6.07. The fourth-order valence-corrected chi connectivity index (χ4v) is 14.2. The zero-order valence-electron chi connectivity index (χ0n) is 31.4. The summed E-state index contributed by atoms with van der Waals surface area (Å²) in [6, 6.07) is 20.0. The number of nitrogens with zero attached hydrogens (tertiary/aromatic N) is 1. The van der Waals surface area contributed by atoms with Crippen molar-refractivity contribution in [3.8, 4) is 28.4 Å². The molecular formula is C40H59NO7Si2. The van der Waals surface area contributed by atoms with Gasteiger partial charge in [0, 0.05) is 6.07 Å². The Hall–Kier alpha value is -3.48. The van der Waals surface area contributed by atoms with E-state index in [-0.39, 0.29) is 17.5 Å². The van der Waals surface area contributed by atoms with Crippen LogP contribution in [0, 0.1) is 10.1 Å². The quantitative estimate of drug-likeness (QED) is 0.0240. The summed E-state index contributed by atoms with van der Waals surface area (Å²) in [7, 11) is -3.24. The molecule has 0 bridgehead atoms. The predicted octanol–water partition coefficient (Wildman–Crippen LogP) is 12.0. The molecule has 50 heavy (non-hydrogen) atoms. The highest BCUT2D eigenvalue weighted by molar-refractivity contribution is 6.84. The lowest BCUT2D eigenvalue weighted by molar-refractivity contribution is -0.386. The fraction of sp³-hybridized carbons (Fsp3) is 0.525. The van der Waals surface area contributed by atoms with Crippen LogP contribution in [0.2, 0.25) is 38.8 Å². The molecule has 0 saturated carbocycles. The lowest BCUT2D eigenvalue weighted by atomic mass is 10.0. The van der Waals surface area contributed by atoms with Gasteiger partial charge in [0.15, 0.2) is 22.4 Å². The van der Waals surface area contributed by atoms with Crippen molar-refractivity contribution in [1.82, 2.24) is 0 Å². The van der Waals surface area contributed by atoms with Crippen LogP contribution in [0.15, 0.2) is 66.7 Å². The van der Waals surface area contributed by atoms with Gasteiger partial charge in [-0.05, 0) is 119 Å². The first-order valence-electron chi connectivity index (χ1n) is 18.5. The highest BCUT2D eigenvalue weighted by Crippen LogP contribution is 2.34. The summed E-state index contributed by atoms with van der Waals surface area (Å²) in [4.78, 5) is 24.4. The molecule has 0 unspecified atom stereocenters. The van der Waals surface area contributed by atoms with Crippen LogP contribution in [-0.2, 0) is 4.12 Å². The summed E-state index contributed by atoms with van der Waals surface area (Å²) < 4.78 is 23.9. The van der Waals surface area contributed by atoms with E-state index in [1.54, 1.807) is 54.6 Å². The highest BCUT2D eigenvalue weighted by atomic mass is 28.4. The minimum absolute atomic E-state index is 0.0767. The molecule has 0 aliphatic rings. The topological polar surface area (TPSA) is 97.1 Å². The number of hydrogen-bond donors (Lipinski definition) is 0. The molecule has 274 valence electrons. The Morgan fingerprint density at radius 2 is 1.36 bits per heavy atom. The molecule has 0 saturated heterocycles. The van der Waals surface area contributed by atoms with Crippen molar-refractivity contribution in [2.24, 2.45) is 0 Å². The van der Waals surface area contributed by atoms with E-state index in [1.165, 1.54) is 51.0 Å². The van der Waals surface area contributed by atoms with E-state index in [1.807, 2.05) is 13.0 Å². The summed E-state index contributed by atoms with van der Waals surface area (Å²) in [6.45, 7) is 16.1. The standard InChI is InChI=1S/C40H59NO7Si2/c1-8-9-10-11-12-13-14-16-29-45-36-24-21-34(22-25-36)40(42)47-37-26-19-33(20-27-37)35-23-28-39(38(31-35)41(43)44)46-32(2)18-15-17-30-50(6,7)48-49(3,4)5/h19-28,31-32H,8-18,29-30H2,1-7H3/t32-/m0/s1. The lowest BCUT2D eigenvalue weighted by Gasteiger charge is -2.31. The van der Waals surface area contributed by atoms with E-state index in [4.69, 9.17) is 18.3 Å². The Bertz CT molecular complexity index is 1470. The molecule has 0 spiro atoms. The third-order valence-electron chi connectivity index (χ3n) is 8.46. The number of benzene rings is 3. The smallest absolute Gasteiger partial charge is 0.343 e. The average Bonchev–Trinajstić information content (AvgIpc) is 3.05. The number of nitro benzene ring substituents is 1. The van der Waals surface area contributed by atoms with Gasteiger partial charge in [-0.3, -0.25) is 10.1 Å². The Kier molecular flexibility index (Phi) is 16.7. The molecule has 0 heterocycles. The second kappa shape index (κ2) is 20.4. The van der Waals surface area contributed by atoms with Gasteiger partial charge in [0.25, 0.3) is 0 Å². The first-order chi connectivity index (χ1) is 23.8. The van der Waals surface area contributed by atoms with E-state index in [9.17, 15) is 14.9 Å². The molecule has 0 N–H and O–H groups in total. The number of esters is 1. The molecule has 0 radical (unpaired) electrons. The Labute approximate surface area is 302 Å². The molecule has 0 amide bonds. The molecule has 3 rings (SSSR count). The predicted molar refractivity (Wildman–Crippen MR) is 209 cm³/mol. The van der Waals surface area contributed by atoms with Crippen molar-refractivity contribution >= 4 is 28.3 Å². The molecule has 10 heteroatoms. The van der Waals surface area contributed by atoms with Crippen LogP contribution < -0.4 is 14.2 Å². The van der Waals surface area contributed by atoms with E-state index in [0.717, 1.165) is 43.0 Å². The van der Waals surface area contributed by atoms with Crippen molar-refractivity contribution in [3.63, 3.8) is 0 Å². The molecule has 0 aromatic heterocycles. The van der Waals surface area contributed by atoms with Gasteiger partial charge in [0.1, 0.15) is 11.5 Å². The van der Waals surface area contributed by atoms with Crippen molar-refractivity contribution in [2.45, 2.75) is 129 Å². The van der Waals surface area contributed by atoms with Crippen LogP contribution in [-0.4, -0.2) is 40.2 Å². The number of hydrogen-bond acceptors (Lipinski definition) is 7. The SMILES string of the molecule is CCCCCCCCCCOc1ccc(C(=O)Oc2ccc(-c3ccc(O[C@@H](C)CCCC[Si](C)(C)O[Si](C)(C)C)c([N+](=O)[O-])c3)cc2)cc1. The zero-order valence-corrected chi connectivity index (χ0v) is 33.4. The number of ether oxygens (including phenoxy) is 3. The summed E-state index contributed by atoms with van der Waals surface area (Å²) >= 11 is 0. The minimum Gasteiger partial charge on any atom is -0.494 e. The monoisotopic (exact) mass is 721 g/mol. The molecule has 3 aromatic rings. The normalized spacial score (nSPS) is 12.4. The van der Waals surface area contributed by atoms with Gasteiger partial charge in [0.05, 0.1) is 23.2 Å². The second-order valence-electron chi connectivity index (χ2n) is 14.8. The molecule has 1 atom stereocenters. The van der Waals surface area contributed by atoms with Gasteiger partial charge in [-0.15, -0.1) is 0 Å². The third-order valence-corrected chi connectivity index (χ3v) is 14.7. The highest BCUT2D eigenvalue weighted by Gasteiger charge is 2.29. The minimum atomic E-state index is -1.68. The Morgan fingerprint density at radius 3 is 1.98 bits per heavy atom. The summed E-state index contributed by atoms with van der Waals surface area (Å²) in [6.07, 6.45) is 12.7. The molecule has 0 aliphatic heterocycles. The van der Waals surface area contributed by atoms with E-state index < -0.39 is 27.5 Å². The maximum absolute atomic E-state index is 12.8. The summed E-state index contributed by atoms with van der Waals surface area (Å²) in [5.74, 6) is 0.913. The third kappa shape index (κ3) is 15.2. The van der Waals surface area contributed by atoms with Gasteiger partial charge < -0.3 is 18.3 Å². The lowest BCUT2D eigenvalue weighted by Crippen LogP contribution is -2.42. The van der Waals surface area contributed by atoms with Crippen LogP contribution in [0.3, 0.4) is 0 Å². The van der Waals surface area contributed by atoms with Gasteiger partial charge in [0.2, 0.25) is 0 Å². The average molecular weight is 722 g/mol. The number of rotatable bonds is 23. The van der Waals surface area contributed by atoms with Gasteiger partial charge in [-0.2, -0.15) is 0 Å². The van der Waals surface area contributed by atoms with Crippen LogP contribution >= 0.6 is 0 Å². The van der Waals surface area contributed by atoms with Crippen molar-refractivity contribution in [1.29, 1.82) is 0 Å². The molecular weight excluding hydrogens is 663 g/mol. The van der Waals surface area contributed by atoms with Gasteiger partial charge in [-0.1, -0.05) is 76.5 Å².